The maximum Gasteiger partial charge on any atom is 0.469 e. The van der Waals surface area contributed by atoms with Crippen LogP contribution in [0.3, 0.4) is 0 Å². The van der Waals surface area contributed by atoms with E-state index in [1.165, 1.54) is 0 Å². The molecule has 2 N–H and O–H groups in total. The second-order valence-corrected chi connectivity index (χ2v) is 5.97. The molecule has 7 nitrogen and oxygen atoms in total. The zero-order chi connectivity index (χ0) is 16.0. The number of phosphoric acid groups is 1. The summed E-state index contributed by atoms with van der Waals surface area (Å²) in [6.07, 6.45) is 3.16. The number of hydrogen-bond acceptors (Lipinski definition) is 3. The fraction of sp³-hybridized carbons (Fsp3) is 0.286. The van der Waals surface area contributed by atoms with Crippen molar-refractivity contribution in [1.82, 2.24) is 0 Å². The number of nitrogens with zero attached hydrogens (tertiary/aromatic N) is 3. The summed E-state index contributed by atoms with van der Waals surface area (Å²) in [5.74, 6) is 0. The Balaban J connectivity index is 2.14. The monoisotopic (exact) mass is 321 g/mol. The van der Waals surface area contributed by atoms with Gasteiger partial charge in [-0.15, -0.1) is 0 Å². The second kappa shape index (κ2) is 7.40. The van der Waals surface area contributed by atoms with Gasteiger partial charge in [0.05, 0.1) is 18.7 Å². The third-order valence-corrected chi connectivity index (χ3v) is 3.63. The molecule has 8 heteroatoms. The Labute approximate surface area is 127 Å². The first kappa shape index (κ1) is 16.5. The molecular weight excluding hydrogens is 305 g/mol. The van der Waals surface area contributed by atoms with E-state index in [0.29, 0.717) is 24.1 Å². The van der Waals surface area contributed by atoms with Gasteiger partial charge < -0.3 is 15.3 Å². The Bertz CT molecular complexity index is 687. The van der Waals surface area contributed by atoms with Crippen molar-refractivity contribution < 1.29 is 23.7 Å². The number of hydrogen-bond donors (Lipinski definition) is 2. The van der Waals surface area contributed by atoms with Crippen molar-refractivity contribution in [1.29, 1.82) is 0 Å². The highest BCUT2D eigenvalue weighted by atomic mass is 31.2. The van der Waals surface area contributed by atoms with Gasteiger partial charge in [-0.2, -0.15) is 4.79 Å². The minimum absolute atomic E-state index is 0.159. The van der Waals surface area contributed by atoms with Crippen LogP contribution in [0.2, 0.25) is 0 Å². The van der Waals surface area contributed by atoms with Crippen LogP contribution in [0, 0.1) is 0 Å². The second-order valence-electron chi connectivity index (χ2n) is 4.73. The van der Waals surface area contributed by atoms with Crippen LogP contribution >= 0.6 is 7.82 Å². The first-order chi connectivity index (χ1) is 10.5. The Kier molecular flexibility index (Phi) is 5.55. The van der Waals surface area contributed by atoms with E-state index in [1.54, 1.807) is 6.08 Å². The van der Waals surface area contributed by atoms with Gasteiger partial charge in [-0.1, -0.05) is 18.2 Å². The lowest BCUT2D eigenvalue weighted by molar-refractivity contribution is -0.00776. The average molecular weight is 321 g/mol. The first-order valence-electron chi connectivity index (χ1n) is 6.72. The topological polar surface area (TPSA) is 116 Å². The summed E-state index contributed by atoms with van der Waals surface area (Å²) in [7, 11) is -4.49. The number of rotatable bonds is 5. The fourth-order valence-electron chi connectivity index (χ4n) is 2.13. The van der Waals surface area contributed by atoms with Crippen molar-refractivity contribution in [3.05, 3.63) is 47.5 Å². The third kappa shape index (κ3) is 5.15. The Morgan fingerprint density at radius 1 is 1.27 bits per heavy atom. The molecule has 1 aromatic rings. The molecule has 0 atom stereocenters. The van der Waals surface area contributed by atoms with E-state index in [1.807, 2.05) is 30.3 Å². The summed E-state index contributed by atoms with van der Waals surface area (Å²) >= 11 is 0. The first-order valence-corrected chi connectivity index (χ1v) is 8.25. The Morgan fingerprint density at radius 3 is 2.64 bits per heavy atom. The molecule has 0 unspecified atom stereocenters. The molecule has 0 amide bonds. The molecule has 1 aliphatic rings. The number of para-hydroxylation sites is 1. The maximum absolute atomic E-state index is 10.7. The molecule has 0 radical (unpaired) electrons. The van der Waals surface area contributed by atoms with Crippen LogP contribution in [0.4, 0.5) is 5.69 Å². The van der Waals surface area contributed by atoms with Crippen molar-refractivity contribution in [2.24, 2.45) is 4.99 Å². The summed E-state index contributed by atoms with van der Waals surface area (Å²) in [4.78, 5) is 25.1. The molecule has 116 valence electrons. The quantitative estimate of drug-likeness (QED) is 0.492. The molecule has 0 saturated carbocycles. The van der Waals surface area contributed by atoms with Crippen molar-refractivity contribution in [3.63, 3.8) is 0 Å². The van der Waals surface area contributed by atoms with E-state index >= 15 is 0 Å². The highest BCUT2D eigenvalue weighted by Gasteiger charge is 2.23. The zero-order valence-electron chi connectivity index (χ0n) is 11.8. The summed E-state index contributed by atoms with van der Waals surface area (Å²) in [6.45, 7) is -0.159. The normalized spacial score (nSPS) is 17.3. The van der Waals surface area contributed by atoms with Gasteiger partial charge >= 0.3 is 7.82 Å². The van der Waals surface area contributed by atoms with Crippen molar-refractivity contribution in [3.8, 4) is 0 Å². The number of allylic oxidation sites excluding steroid dienone is 1. The van der Waals surface area contributed by atoms with Crippen LogP contribution in [0.15, 0.2) is 47.0 Å². The standard InChI is InChI=1S/C14H16N3O4P/c15-17-14-7-6-13(16-12-4-2-1-3-5-12)10-11(14)8-9-21-22(18,19)20/h1-5,10H,6-9H2,(H2,18,19,20). The lowest BCUT2D eigenvalue weighted by Crippen LogP contribution is -2.16. The van der Waals surface area contributed by atoms with Crippen LogP contribution in [0.1, 0.15) is 19.3 Å². The minimum atomic E-state index is -4.49. The van der Waals surface area contributed by atoms with Crippen LogP contribution in [0.5, 0.6) is 0 Å². The SMILES string of the molecule is [N-]=[N+]=C1CCC(=Nc2ccccc2)C=C1CCOP(=O)(O)O. The maximum atomic E-state index is 10.7. The molecule has 0 bridgehead atoms. The summed E-state index contributed by atoms with van der Waals surface area (Å²) in [6, 6.07) is 9.45. The van der Waals surface area contributed by atoms with E-state index < -0.39 is 7.82 Å². The molecule has 2 rings (SSSR count). The lowest BCUT2D eigenvalue weighted by atomic mass is 9.94. The average Bonchev–Trinajstić information content (AvgIpc) is 2.47. The molecule has 0 fully saturated rings. The van der Waals surface area contributed by atoms with Gasteiger partial charge in [0.25, 0.3) is 5.71 Å². The van der Waals surface area contributed by atoms with Gasteiger partial charge in [-0.25, -0.2) is 4.57 Å². The van der Waals surface area contributed by atoms with E-state index in [0.717, 1.165) is 11.4 Å². The molecule has 1 aromatic carbocycles. The lowest BCUT2D eigenvalue weighted by Gasteiger charge is -2.11. The predicted molar refractivity (Wildman–Crippen MR) is 82.1 cm³/mol. The van der Waals surface area contributed by atoms with Crippen molar-refractivity contribution in [2.45, 2.75) is 19.3 Å². The van der Waals surface area contributed by atoms with Crippen LogP contribution in [-0.4, -0.2) is 32.6 Å². The van der Waals surface area contributed by atoms with Crippen molar-refractivity contribution in [2.75, 3.05) is 6.61 Å². The zero-order valence-corrected chi connectivity index (χ0v) is 12.7. The van der Waals surface area contributed by atoms with E-state index in [9.17, 15) is 4.57 Å². The van der Waals surface area contributed by atoms with E-state index in [2.05, 4.69) is 14.3 Å². The van der Waals surface area contributed by atoms with Crippen LogP contribution in [-0.2, 0) is 9.09 Å². The molecule has 0 saturated heterocycles. The summed E-state index contributed by atoms with van der Waals surface area (Å²) in [5.41, 5.74) is 11.8. The molecule has 0 aromatic heterocycles. The number of phosphoric ester groups is 1. The molecule has 22 heavy (non-hydrogen) atoms. The van der Waals surface area contributed by atoms with E-state index in [4.69, 9.17) is 15.3 Å². The summed E-state index contributed by atoms with van der Waals surface area (Å²) in [5, 5.41) is 0. The van der Waals surface area contributed by atoms with Gasteiger partial charge in [0, 0.05) is 24.1 Å². The molecule has 0 aliphatic heterocycles. The smallest absolute Gasteiger partial charge is 0.361 e. The molecular formula is C14H16N3O4P. The predicted octanol–water partition coefficient (Wildman–Crippen LogP) is 2.65. The van der Waals surface area contributed by atoms with Gasteiger partial charge in [0.1, 0.15) is 0 Å². The van der Waals surface area contributed by atoms with Crippen LogP contribution in [0.25, 0.3) is 5.53 Å². The summed E-state index contributed by atoms with van der Waals surface area (Å²) < 4.78 is 15.1. The van der Waals surface area contributed by atoms with Gasteiger partial charge in [-0.05, 0) is 18.2 Å². The highest BCUT2D eigenvalue weighted by molar-refractivity contribution is 7.46. The number of benzene rings is 1. The van der Waals surface area contributed by atoms with Gasteiger partial charge in [-0.3, -0.25) is 9.52 Å². The van der Waals surface area contributed by atoms with Crippen LogP contribution < -0.4 is 0 Å². The van der Waals surface area contributed by atoms with Gasteiger partial charge in [0.2, 0.25) is 0 Å². The van der Waals surface area contributed by atoms with E-state index in [-0.39, 0.29) is 13.0 Å². The minimum Gasteiger partial charge on any atom is -0.361 e. The largest absolute Gasteiger partial charge is 0.469 e. The molecule has 0 heterocycles. The fourth-order valence-corrected chi connectivity index (χ4v) is 2.45. The van der Waals surface area contributed by atoms with Gasteiger partial charge in [0.15, 0.2) is 0 Å². The number of aliphatic imine (C=N–C) groups is 1. The van der Waals surface area contributed by atoms with Crippen molar-refractivity contribution >= 4 is 24.9 Å². The highest BCUT2D eigenvalue weighted by Crippen LogP contribution is 2.36. The Morgan fingerprint density at radius 2 is 2.00 bits per heavy atom. The molecule has 1 aliphatic carbocycles. The Hall–Kier alpha value is -1.88. The molecule has 0 spiro atoms. The third-order valence-electron chi connectivity index (χ3n) is 3.11.